The summed E-state index contributed by atoms with van der Waals surface area (Å²) in [5.41, 5.74) is 3.93. The van der Waals surface area contributed by atoms with E-state index < -0.39 is 23.6 Å². The van der Waals surface area contributed by atoms with Gasteiger partial charge >= 0.3 is 12.1 Å². The Kier molecular flexibility index (Phi) is 5.71. The summed E-state index contributed by atoms with van der Waals surface area (Å²) in [6, 6.07) is 20.5. The fourth-order valence-electron chi connectivity index (χ4n) is 4.24. The molecule has 0 amide bonds. The maximum absolute atomic E-state index is 14.5. The van der Waals surface area contributed by atoms with Crippen LogP contribution in [-0.2, 0) is 15.2 Å². The van der Waals surface area contributed by atoms with Crippen molar-refractivity contribution in [3.63, 3.8) is 0 Å². The molecular weight excluding hydrogens is 476 g/mol. The smallest absolute Gasteiger partial charge is 0.334 e. The van der Waals surface area contributed by atoms with Crippen LogP contribution >= 0.6 is 0 Å². The van der Waals surface area contributed by atoms with Gasteiger partial charge in [0.25, 0.3) is 0 Å². The van der Waals surface area contributed by atoms with E-state index in [1.54, 1.807) is 85.2 Å². The third kappa shape index (κ3) is 3.96. The zero-order valence-electron chi connectivity index (χ0n) is 18.3. The highest BCUT2D eigenvalue weighted by Gasteiger charge is 2.45. The first-order valence-electron chi connectivity index (χ1n) is 10.7. The Morgan fingerprint density at radius 1 is 0.861 bits per heavy atom. The highest BCUT2D eigenvalue weighted by molar-refractivity contribution is 6.04. The van der Waals surface area contributed by atoms with E-state index in [9.17, 15) is 22.4 Å². The van der Waals surface area contributed by atoms with Gasteiger partial charge in [-0.05, 0) is 52.6 Å². The van der Waals surface area contributed by atoms with Crippen molar-refractivity contribution in [1.29, 1.82) is 0 Å². The van der Waals surface area contributed by atoms with Gasteiger partial charge in [-0.1, -0.05) is 42.5 Å². The van der Waals surface area contributed by atoms with Crippen LogP contribution in [0, 0.1) is 5.95 Å². The second kappa shape index (κ2) is 8.88. The van der Waals surface area contributed by atoms with Crippen LogP contribution in [0.25, 0.3) is 11.1 Å². The van der Waals surface area contributed by atoms with Crippen LogP contribution in [0.5, 0.6) is 0 Å². The number of amidine groups is 1. The molecule has 0 fully saturated rings. The number of alkyl halides is 3. The van der Waals surface area contributed by atoms with Crippen LogP contribution in [0.3, 0.4) is 0 Å². The summed E-state index contributed by atoms with van der Waals surface area (Å²) in [6.45, 7) is 0. The molecule has 0 radical (unpaired) electrons. The molecule has 0 saturated heterocycles. The third-order valence-electron chi connectivity index (χ3n) is 5.77. The van der Waals surface area contributed by atoms with Gasteiger partial charge in [0.05, 0.1) is 0 Å². The quantitative estimate of drug-likeness (QED) is 0.249. The molecule has 2 aromatic heterocycles. The molecule has 1 aliphatic rings. The zero-order valence-corrected chi connectivity index (χ0v) is 18.3. The van der Waals surface area contributed by atoms with Crippen LogP contribution in [0.15, 0.2) is 96.4 Å². The monoisotopic (exact) mass is 492 g/mol. The van der Waals surface area contributed by atoms with Crippen molar-refractivity contribution in [3.8, 4) is 11.1 Å². The molecule has 2 aromatic carbocycles. The van der Waals surface area contributed by atoms with Crippen LogP contribution in [0.1, 0.15) is 22.3 Å². The fourth-order valence-corrected chi connectivity index (χ4v) is 4.24. The van der Waals surface area contributed by atoms with Gasteiger partial charge in [-0.3, -0.25) is 4.98 Å². The van der Waals surface area contributed by atoms with Crippen LogP contribution in [0.4, 0.5) is 17.6 Å². The van der Waals surface area contributed by atoms with Crippen molar-refractivity contribution in [3.05, 3.63) is 120 Å². The van der Waals surface area contributed by atoms with E-state index in [2.05, 4.69) is 20.3 Å². The molecule has 5 rings (SSSR count). The number of benzene rings is 2. The number of pyridine rings is 2. The minimum atomic E-state index is -5.18. The lowest BCUT2D eigenvalue weighted by molar-refractivity contribution is -0.203. The summed E-state index contributed by atoms with van der Waals surface area (Å²) in [5, 5.41) is 0. The largest absolute Gasteiger partial charge is 0.493 e. The molecule has 1 atom stereocenters. The highest BCUT2D eigenvalue weighted by Crippen LogP contribution is 2.46. The van der Waals surface area contributed by atoms with Crippen LogP contribution in [-0.4, -0.2) is 27.9 Å². The van der Waals surface area contributed by atoms with Gasteiger partial charge in [-0.25, -0.2) is 14.8 Å². The van der Waals surface area contributed by atoms with Crippen LogP contribution < -0.4 is 5.48 Å². The third-order valence-corrected chi connectivity index (χ3v) is 5.77. The molecule has 0 spiro atoms. The van der Waals surface area contributed by atoms with Crippen LogP contribution in [0.2, 0.25) is 0 Å². The lowest BCUT2D eigenvalue weighted by Gasteiger charge is -2.29. The first kappa shape index (κ1) is 23.2. The molecule has 180 valence electrons. The van der Waals surface area contributed by atoms with Crippen molar-refractivity contribution in [2.24, 2.45) is 4.99 Å². The maximum atomic E-state index is 14.5. The average Bonchev–Trinajstić information content (AvgIpc) is 3.23. The van der Waals surface area contributed by atoms with Gasteiger partial charge in [-0.15, -0.1) is 0 Å². The summed E-state index contributed by atoms with van der Waals surface area (Å²) in [7, 11) is 0. The van der Waals surface area contributed by atoms with Gasteiger partial charge < -0.3 is 4.84 Å². The maximum Gasteiger partial charge on any atom is 0.493 e. The Labute approximate surface area is 202 Å². The minimum Gasteiger partial charge on any atom is -0.334 e. The summed E-state index contributed by atoms with van der Waals surface area (Å²) in [5.74, 6) is -3.12. The van der Waals surface area contributed by atoms with Gasteiger partial charge in [0.1, 0.15) is 5.54 Å². The van der Waals surface area contributed by atoms with E-state index in [1.807, 2.05) is 0 Å². The highest BCUT2D eigenvalue weighted by atomic mass is 19.4. The Bertz CT molecular complexity index is 1470. The predicted octanol–water partition coefficient (Wildman–Crippen LogP) is 4.94. The molecule has 36 heavy (non-hydrogen) atoms. The van der Waals surface area contributed by atoms with E-state index in [0.29, 0.717) is 27.8 Å². The molecule has 3 heterocycles. The van der Waals surface area contributed by atoms with Gasteiger partial charge in [0, 0.05) is 29.7 Å². The van der Waals surface area contributed by atoms with E-state index in [-0.39, 0.29) is 11.4 Å². The number of hydroxylamine groups is 1. The number of nitrogens with zero attached hydrogens (tertiary/aromatic N) is 3. The molecule has 6 nitrogen and oxygen atoms in total. The topological polar surface area (TPSA) is 76.5 Å². The van der Waals surface area contributed by atoms with E-state index in [1.165, 1.54) is 6.20 Å². The predicted molar refractivity (Wildman–Crippen MR) is 122 cm³/mol. The Hall–Kier alpha value is -4.60. The van der Waals surface area contributed by atoms with Crippen molar-refractivity contribution >= 4 is 11.8 Å². The van der Waals surface area contributed by atoms with Crippen molar-refractivity contribution < 1.29 is 27.2 Å². The number of hydrogen-bond acceptors (Lipinski definition) is 6. The van der Waals surface area contributed by atoms with Crippen molar-refractivity contribution in [1.82, 2.24) is 15.4 Å². The minimum absolute atomic E-state index is 0.0713. The first-order valence-corrected chi connectivity index (χ1v) is 10.7. The molecular formula is C26H16F4N4O2. The van der Waals surface area contributed by atoms with Crippen molar-refractivity contribution in [2.75, 3.05) is 0 Å². The molecule has 1 N–H and O–H groups in total. The summed E-state index contributed by atoms with van der Waals surface area (Å²) in [6.07, 6.45) is -0.710. The Morgan fingerprint density at radius 2 is 1.61 bits per heavy atom. The lowest BCUT2D eigenvalue weighted by Crippen LogP contribution is -2.34. The normalized spacial score (nSPS) is 16.7. The standard InChI is InChI=1S/C26H16F4N4O2/c27-22-19(8-4-12-32-22)16-5-3-6-18(15-16)25(17-10-13-31-14-11-17)21-9-2-1-7-20(21)23(33-25)34-36-24(35)26(28,29)30/h1-15H,(H,33,34). The molecule has 4 aromatic rings. The molecule has 1 aliphatic heterocycles. The molecule has 10 heteroatoms. The number of halogens is 4. The summed E-state index contributed by atoms with van der Waals surface area (Å²) in [4.78, 5) is 28.2. The first-order chi connectivity index (χ1) is 17.3. The molecule has 0 aliphatic carbocycles. The number of carbonyl (C=O) groups is 1. The lowest BCUT2D eigenvalue weighted by atomic mass is 9.77. The Morgan fingerprint density at radius 3 is 2.36 bits per heavy atom. The van der Waals surface area contributed by atoms with Gasteiger partial charge in [-0.2, -0.15) is 23.0 Å². The zero-order chi connectivity index (χ0) is 25.3. The number of carbonyl (C=O) groups excluding carboxylic acids is 1. The van der Waals surface area contributed by atoms with Gasteiger partial charge in [0.15, 0.2) is 5.84 Å². The second-order valence-corrected chi connectivity index (χ2v) is 7.86. The number of aromatic nitrogens is 2. The SMILES string of the molecule is O=C(ONC1=NC(c2ccncc2)(c2cccc(-c3cccnc3F)c2)c2ccccc21)C(F)(F)F. The van der Waals surface area contributed by atoms with E-state index in [0.717, 1.165) is 0 Å². The molecule has 1 unspecified atom stereocenters. The van der Waals surface area contributed by atoms with Gasteiger partial charge in [0.2, 0.25) is 5.95 Å². The van der Waals surface area contributed by atoms with Crippen molar-refractivity contribution in [2.45, 2.75) is 11.7 Å². The average molecular weight is 492 g/mol. The summed E-state index contributed by atoms with van der Waals surface area (Å²) >= 11 is 0. The number of fused-ring (bicyclic) bond motifs is 1. The number of aliphatic imine (C=N–C) groups is 1. The fraction of sp³-hybridized carbons (Fsp3) is 0.0769. The Balaban J connectivity index is 1.70. The number of hydrogen-bond donors (Lipinski definition) is 1. The molecule has 0 saturated carbocycles. The number of nitrogens with one attached hydrogen (secondary N) is 1. The molecule has 0 bridgehead atoms. The summed E-state index contributed by atoms with van der Waals surface area (Å²) < 4.78 is 52.7. The van der Waals surface area contributed by atoms with E-state index >= 15 is 0 Å². The van der Waals surface area contributed by atoms with E-state index in [4.69, 9.17) is 4.99 Å². The number of rotatable bonds is 3. The second-order valence-electron chi connectivity index (χ2n) is 7.86.